The summed E-state index contributed by atoms with van der Waals surface area (Å²) in [4.78, 5) is 40.0. The van der Waals surface area contributed by atoms with Crippen molar-refractivity contribution in [1.82, 2.24) is 9.88 Å². The van der Waals surface area contributed by atoms with E-state index in [9.17, 15) is 19.5 Å². The number of halogens is 1. The molecule has 2 N–H and O–H groups in total. The maximum Gasteiger partial charge on any atom is 0.261 e. The van der Waals surface area contributed by atoms with Crippen molar-refractivity contribution in [2.75, 3.05) is 31.7 Å². The number of anilines is 1. The Balaban J connectivity index is 1.49. The number of hydrogen-bond acceptors (Lipinski definition) is 6. The molecule has 0 unspecified atom stereocenters. The first-order valence-electron chi connectivity index (χ1n) is 10.7. The van der Waals surface area contributed by atoms with E-state index < -0.39 is 0 Å². The summed E-state index contributed by atoms with van der Waals surface area (Å²) < 4.78 is 7.55. The van der Waals surface area contributed by atoms with E-state index in [-0.39, 0.29) is 36.3 Å². The first-order valence-corrected chi connectivity index (χ1v) is 11.9. The van der Waals surface area contributed by atoms with Crippen LogP contribution in [0.1, 0.15) is 21.7 Å². The zero-order valence-electron chi connectivity index (χ0n) is 18.5. The van der Waals surface area contributed by atoms with Crippen LogP contribution in [0.4, 0.5) is 5.69 Å². The molecule has 0 saturated carbocycles. The van der Waals surface area contributed by atoms with E-state index in [1.165, 1.54) is 23.0 Å². The fraction of sp³-hybridized carbons (Fsp3) is 0.292. The quantitative estimate of drug-likeness (QED) is 0.494. The van der Waals surface area contributed by atoms with Gasteiger partial charge in [-0.3, -0.25) is 19.0 Å². The molecule has 1 aliphatic rings. The Hall–Kier alpha value is -3.14. The number of methoxy groups -OCH3 is 1. The van der Waals surface area contributed by atoms with Crippen LogP contribution in [-0.2, 0) is 11.2 Å². The summed E-state index contributed by atoms with van der Waals surface area (Å²) in [5, 5.41) is 12.1. The Morgan fingerprint density at radius 1 is 1.26 bits per heavy atom. The van der Waals surface area contributed by atoms with Crippen molar-refractivity contribution >= 4 is 40.4 Å². The average Bonchev–Trinajstić information content (AvgIpc) is 3.44. The van der Waals surface area contributed by atoms with Crippen molar-refractivity contribution in [2.45, 2.75) is 12.8 Å². The summed E-state index contributed by atoms with van der Waals surface area (Å²) >= 11 is 7.10. The number of aliphatic hydroxyl groups excluding tert-OH is 1. The molecule has 178 valence electrons. The Bertz CT molecular complexity index is 1270. The number of pyridine rings is 1. The van der Waals surface area contributed by atoms with E-state index in [4.69, 9.17) is 16.3 Å². The molecule has 1 aliphatic heterocycles. The molecule has 3 aromatic rings. The fourth-order valence-electron chi connectivity index (χ4n) is 4.00. The Labute approximate surface area is 205 Å². The molecule has 1 saturated heterocycles. The number of nitrogens with zero attached hydrogens (tertiary/aromatic N) is 2. The van der Waals surface area contributed by atoms with Crippen molar-refractivity contribution in [2.24, 2.45) is 5.92 Å². The van der Waals surface area contributed by atoms with Gasteiger partial charge in [0, 0.05) is 62.0 Å². The van der Waals surface area contributed by atoms with Gasteiger partial charge < -0.3 is 20.1 Å². The van der Waals surface area contributed by atoms with Crippen LogP contribution in [0.25, 0.3) is 5.69 Å². The topological polar surface area (TPSA) is 101 Å². The second-order valence-corrected chi connectivity index (χ2v) is 9.64. The van der Waals surface area contributed by atoms with Gasteiger partial charge in [-0.1, -0.05) is 17.7 Å². The molecule has 10 heteroatoms. The predicted molar refractivity (Wildman–Crippen MR) is 132 cm³/mol. The maximum absolute atomic E-state index is 12.8. The number of ether oxygens (including phenoxy) is 1. The van der Waals surface area contributed by atoms with Crippen LogP contribution in [0, 0.1) is 5.92 Å². The van der Waals surface area contributed by atoms with Crippen molar-refractivity contribution in [3.05, 3.63) is 73.8 Å². The largest absolute Gasteiger partial charge is 0.494 e. The van der Waals surface area contributed by atoms with Gasteiger partial charge in [-0.05, 0) is 30.3 Å². The third-order valence-corrected chi connectivity index (χ3v) is 6.93. The lowest BCUT2D eigenvalue weighted by atomic mass is 10.1. The van der Waals surface area contributed by atoms with Crippen LogP contribution in [0.2, 0.25) is 4.34 Å². The molecule has 8 nitrogen and oxygen atoms in total. The third-order valence-electron chi connectivity index (χ3n) is 5.70. The molecule has 1 atom stereocenters. The zero-order valence-corrected chi connectivity index (χ0v) is 20.1. The van der Waals surface area contributed by atoms with Gasteiger partial charge in [0.15, 0.2) is 0 Å². The molecule has 2 aromatic heterocycles. The molecular formula is C24H24ClN3O5S. The van der Waals surface area contributed by atoms with Gasteiger partial charge in [-0.15, -0.1) is 11.3 Å². The predicted octanol–water partition coefficient (Wildman–Crippen LogP) is 2.88. The number of carbonyl (C=O) groups excluding carboxylic acids is 2. The molecule has 0 spiro atoms. The summed E-state index contributed by atoms with van der Waals surface area (Å²) in [6.07, 6.45) is 2.22. The Morgan fingerprint density at radius 3 is 2.79 bits per heavy atom. The normalized spacial score (nSPS) is 15.6. The van der Waals surface area contributed by atoms with Crippen LogP contribution in [0.5, 0.6) is 5.75 Å². The number of aliphatic hydroxyl groups is 1. The van der Waals surface area contributed by atoms with E-state index in [0.29, 0.717) is 51.4 Å². The highest BCUT2D eigenvalue weighted by atomic mass is 35.5. The van der Waals surface area contributed by atoms with Gasteiger partial charge in [-0.25, -0.2) is 0 Å². The summed E-state index contributed by atoms with van der Waals surface area (Å²) in [5.41, 5.74) is 1.47. The number of benzene rings is 1. The summed E-state index contributed by atoms with van der Waals surface area (Å²) in [7, 11) is 1.51. The number of nitrogens with one attached hydrogen (secondary N) is 1. The highest BCUT2D eigenvalue weighted by Gasteiger charge is 2.31. The van der Waals surface area contributed by atoms with Gasteiger partial charge in [0.1, 0.15) is 5.75 Å². The van der Waals surface area contributed by atoms with E-state index >= 15 is 0 Å². The lowest BCUT2D eigenvalue weighted by molar-refractivity contribution is -0.117. The fourth-order valence-corrected chi connectivity index (χ4v) is 4.96. The van der Waals surface area contributed by atoms with Gasteiger partial charge in [0.2, 0.25) is 5.91 Å². The number of amides is 2. The number of thiophene rings is 1. The molecule has 3 heterocycles. The van der Waals surface area contributed by atoms with Crippen molar-refractivity contribution in [3.8, 4) is 11.4 Å². The summed E-state index contributed by atoms with van der Waals surface area (Å²) in [5.74, 6) is 0.160. The minimum atomic E-state index is -0.234. The monoisotopic (exact) mass is 501 g/mol. The lowest BCUT2D eigenvalue weighted by Crippen LogP contribution is -2.30. The molecule has 0 bridgehead atoms. The molecule has 4 rings (SSSR count). The number of aromatic nitrogens is 1. The maximum atomic E-state index is 12.8. The standard InChI is InChI=1S/C24H24ClN3O5S/c1-33-19-12-17(4-5-18(19)27-9-2-3-16(8-10-29)24(27)32)28-14-15(11-22(28)30)13-26-23(31)20-6-7-21(25)34-20/h2-7,9,12,15,29H,8,10-11,13-14H2,1H3,(H,26,31)/t15-/m0/s1. The molecular weight excluding hydrogens is 478 g/mol. The Kier molecular flexibility index (Phi) is 7.35. The lowest BCUT2D eigenvalue weighted by Gasteiger charge is -2.20. The molecule has 2 amide bonds. The van der Waals surface area contributed by atoms with E-state index in [1.807, 2.05) is 0 Å². The minimum Gasteiger partial charge on any atom is -0.494 e. The van der Waals surface area contributed by atoms with Crippen molar-refractivity contribution in [1.29, 1.82) is 0 Å². The molecule has 1 aromatic carbocycles. The number of rotatable bonds is 8. The van der Waals surface area contributed by atoms with Crippen LogP contribution in [-0.4, -0.2) is 48.3 Å². The number of hydrogen-bond donors (Lipinski definition) is 2. The number of carbonyl (C=O) groups is 2. The van der Waals surface area contributed by atoms with Crippen LogP contribution in [0.3, 0.4) is 0 Å². The highest BCUT2D eigenvalue weighted by molar-refractivity contribution is 7.18. The van der Waals surface area contributed by atoms with E-state index in [1.54, 1.807) is 53.6 Å². The average molecular weight is 502 g/mol. The van der Waals surface area contributed by atoms with Gasteiger partial charge >= 0.3 is 0 Å². The van der Waals surface area contributed by atoms with Crippen LogP contribution < -0.4 is 20.5 Å². The van der Waals surface area contributed by atoms with E-state index in [0.717, 1.165) is 0 Å². The minimum absolute atomic E-state index is 0.0321. The molecule has 0 aliphatic carbocycles. The molecule has 0 radical (unpaired) electrons. The van der Waals surface area contributed by atoms with Crippen LogP contribution in [0.15, 0.2) is 53.5 Å². The summed E-state index contributed by atoms with van der Waals surface area (Å²) in [6.45, 7) is 0.715. The first kappa shape index (κ1) is 24.0. The summed E-state index contributed by atoms with van der Waals surface area (Å²) in [6, 6.07) is 12.0. The van der Waals surface area contributed by atoms with Gasteiger partial charge in [0.25, 0.3) is 11.5 Å². The SMILES string of the molecule is COc1cc(N2C[C@H](CNC(=O)c3ccc(Cl)s3)CC2=O)ccc1-n1cccc(CCO)c1=O. The zero-order chi connectivity index (χ0) is 24.2. The smallest absolute Gasteiger partial charge is 0.261 e. The van der Waals surface area contributed by atoms with Gasteiger partial charge in [-0.2, -0.15) is 0 Å². The highest BCUT2D eigenvalue weighted by Crippen LogP contribution is 2.31. The molecule has 1 fully saturated rings. The van der Waals surface area contributed by atoms with E-state index in [2.05, 4.69) is 5.32 Å². The van der Waals surface area contributed by atoms with Gasteiger partial charge in [0.05, 0.1) is 22.0 Å². The second kappa shape index (κ2) is 10.4. The first-order chi connectivity index (χ1) is 16.4. The molecule has 34 heavy (non-hydrogen) atoms. The Morgan fingerprint density at radius 2 is 2.09 bits per heavy atom. The van der Waals surface area contributed by atoms with Crippen molar-refractivity contribution < 1.29 is 19.4 Å². The van der Waals surface area contributed by atoms with Crippen molar-refractivity contribution in [3.63, 3.8) is 0 Å². The second-order valence-electron chi connectivity index (χ2n) is 7.93. The third kappa shape index (κ3) is 5.01. The van der Waals surface area contributed by atoms with Crippen LogP contribution >= 0.6 is 22.9 Å².